The second-order valence-electron chi connectivity index (χ2n) is 6.68. The van der Waals surface area contributed by atoms with Gasteiger partial charge in [-0.2, -0.15) is 0 Å². The number of hydrogen-bond donors (Lipinski definition) is 1. The zero-order valence-electron chi connectivity index (χ0n) is 13.2. The Hall–Kier alpha value is -0.420. The summed E-state index contributed by atoms with van der Waals surface area (Å²) in [7, 11) is 0. The van der Waals surface area contributed by atoms with Gasteiger partial charge in [-0.15, -0.1) is 11.3 Å². The smallest absolute Gasteiger partial charge is 0.0645 e. The molecule has 0 atom stereocenters. The van der Waals surface area contributed by atoms with Crippen LogP contribution in [0.2, 0.25) is 0 Å². The molecule has 0 amide bonds. The lowest BCUT2D eigenvalue weighted by molar-refractivity contribution is -0.0548. The van der Waals surface area contributed by atoms with Gasteiger partial charge in [-0.1, -0.05) is 13.8 Å². The standard InChI is InChI=1S/C16H28N2OS/c1-13(2)9-17-10-14-5-6-15(20-14)11-18-7-8-19-12-16(18,3)4/h5-6,13,17H,7-12H2,1-4H3. The van der Waals surface area contributed by atoms with Crippen LogP contribution in [0.15, 0.2) is 12.1 Å². The third kappa shape index (κ3) is 4.55. The van der Waals surface area contributed by atoms with Gasteiger partial charge in [-0.05, 0) is 38.4 Å². The zero-order valence-corrected chi connectivity index (χ0v) is 14.1. The molecule has 3 nitrogen and oxygen atoms in total. The number of nitrogens with zero attached hydrogens (tertiary/aromatic N) is 1. The van der Waals surface area contributed by atoms with Gasteiger partial charge in [0.2, 0.25) is 0 Å². The van der Waals surface area contributed by atoms with Crippen LogP contribution in [0.3, 0.4) is 0 Å². The summed E-state index contributed by atoms with van der Waals surface area (Å²) in [5.41, 5.74) is 0.151. The maximum atomic E-state index is 5.59. The Kier molecular flexibility index (Phi) is 5.61. The predicted molar refractivity (Wildman–Crippen MR) is 86.2 cm³/mol. The number of ether oxygens (including phenoxy) is 1. The molecule has 20 heavy (non-hydrogen) atoms. The molecule has 0 unspecified atom stereocenters. The van der Waals surface area contributed by atoms with Crippen LogP contribution in [0.4, 0.5) is 0 Å². The molecule has 0 bridgehead atoms. The lowest BCUT2D eigenvalue weighted by Gasteiger charge is -2.41. The minimum atomic E-state index is 0.151. The van der Waals surface area contributed by atoms with Crippen molar-refractivity contribution in [3.63, 3.8) is 0 Å². The molecule has 0 spiro atoms. The molecule has 0 aliphatic carbocycles. The molecule has 0 saturated carbocycles. The van der Waals surface area contributed by atoms with Crippen LogP contribution < -0.4 is 5.32 Å². The van der Waals surface area contributed by atoms with Crippen molar-refractivity contribution in [1.29, 1.82) is 0 Å². The lowest BCUT2D eigenvalue weighted by Crippen LogP contribution is -2.52. The van der Waals surface area contributed by atoms with Gasteiger partial charge in [0.05, 0.1) is 13.2 Å². The van der Waals surface area contributed by atoms with Gasteiger partial charge in [0.25, 0.3) is 0 Å². The van der Waals surface area contributed by atoms with Gasteiger partial charge in [-0.25, -0.2) is 0 Å². The van der Waals surface area contributed by atoms with Gasteiger partial charge < -0.3 is 10.1 Å². The monoisotopic (exact) mass is 296 g/mol. The van der Waals surface area contributed by atoms with Gasteiger partial charge in [0, 0.05) is 34.9 Å². The molecule has 114 valence electrons. The van der Waals surface area contributed by atoms with E-state index in [9.17, 15) is 0 Å². The van der Waals surface area contributed by atoms with E-state index in [4.69, 9.17) is 4.74 Å². The van der Waals surface area contributed by atoms with Crippen molar-refractivity contribution in [1.82, 2.24) is 10.2 Å². The number of rotatable bonds is 6. The Balaban J connectivity index is 1.85. The van der Waals surface area contributed by atoms with E-state index in [1.54, 1.807) is 0 Å². The average molecular weight is 296 g/mol. The van der Waals surface area contributed by atoms with E-state index in [2.05, 4.69) is 50.0 Å². The van der Waals surface area contributed by atoms with Crippen LogP contribution in [-0.4, -0.2) is 36.7 Å². The molecule has 2 heterocycles. The van der Waals surface area contributed by atoms with Gasteiger partial charge in [-0.3, -0.25) is 4.90 Å². The summed E-state index contributed by atoms with van der Waals surface area (Å²) < 4.78 is 5.59. The van der Waals surface area contributed by atoms with E-state index in [-0.39, 0.29) is 5.54 Å². The van der Waals surface area contributed by atoms with Crippen molar-refractivity contribution in [2.75, 3.05) is 26.3 Å². The molecule has 2 rings (SSSR count). The Morgan fingerprint density at radius 3 is 2.80 bits per heavy atom. The molecule has 1 aromatic heterocycles. The fraction of sp³-hybridized carbons (Fsp3) is 0.750. The maximum Gasteiger partial charge on any atom is 0.0645 e. The van der Waals surface area contributed by atoms with Gasteiger partial charge >= 0.3 is 0 Å². The Morgan fingerprint density at radius 2 is 2.10 bits per heavy atom. The highest BCUT2D eigenvalue weighted by Crippen LogP contribution is 2.25. The summed E-state index contributed by atoms with van der Waals surface area (Å²) >= 11 is 1.93. The summed E-state index contributed by atoms with van der Waals surface area (Å²) in [6, 6.07) is 4.55. The van der Waals surface area contributed by atoms with Gasteiger partial charge in [0.15, 0.2) is 0 Å². The predicted octanol–water partition coefficient (Wildman–Crippen LogP) is 3.10. The van der Waals surface area contributed by atoms with Crippen molar-refractivity contribution >= 4 is 11.3 Å². The fourth-order valence-electron chi connectivity index (χ4n) is 2.46. The molecule has 0 radical (unpaired) electrons. The lowest BCUT2D eigenvalue weighted by atomic mass is 10.0. The molecule has 1 aliphatic heterocycles. The average Bonchev–Trinajstić information content (AvgIpc) is 2.79. The molecule has 0 aromatic carbocycles. The molecular weight excluding hydrogens is 268 g/mol. The first kappa shape index (κ1) is 16.0. The quantitative estimate of drug-likeness (QED) is 0.873. The first-order valence-electron chi connectivity index (χ1n) is 7.58. The topological polar surface area (TPSA) is 24.5 Å². The molecule has 1 aromatic rings. The highest BCUT2D eigenvalue weighted by molar-refractivity contribution is 7.11. The van der Waals surface area contributed by atoms with E-state index in [1.807, 2.05) is 11.3 Å². The fourth-order valence-corrected chi connectivity index (χ4v) is 3.46. The molecule has 1 fully saturated rings. The summed E-state index contributed by atoms with van der Waals surface area (Å²) in [6.07, 6.45) is 0. The van der Waals surface area contributed by atoms with E-state index in [1.165, 1.54) is 9.75 Å². The number of hydrogen-bond acceptors (Lipinski definition) is 4. The third-order valence-corrected chi connectivity index (χ3v) is 4.80. The largest absolute Gasteiger partial charge is 0.378 e. The summed E-state index contributed by atoms with van der Waals surface area (Å²) in [5.74, 6) is 0.712. The Bertz CT molecular complexity index is 414. The molecule has 1 saturated heterocycles. The van der Waals surface area contributed by atoms with Crippen molar-refractivity contribution in [2.24, 2.45) is 5.92 Å². The van der Waals surface area contributed by atoms with Crippen molar-refractivity contribution in [3.8, 4) is 0 Å². The van der Waals surface area contributed by atoms with E-state index >= 15 is 0 Å². The number of thiophene rings is 1. The van der Waals surface area contributed by atoms with E-state index in [0.717, 1.165) is 39.4 Å². The minimum Gasteiger partial charge on any atom is -0.378 e. The Labute approximate surface area is 127 Å². The maximum absolute atomic E-state index is 5.59. The van der Waals surface area contributed by atoms with Crippen LogP contribution in [-0.2, 0) is 17.8 Å². The number of morpholine rings is 1. The molecule has 4 heteroatoms. The SMILES string of the molecule is CC(C)CNCc1ccc(CN2CCOCC2(C)C)s1. The van der Waals surface area contributed by atoms with Crippen LogP contribution >= 0.6 is 11.3 Å². The van der Waals surface area contributed by atoms with Gasteiger partial charge in [0.1, 0.15) is 0 Å². The first-order chi connectivity index (χ1) is 9.47. The normalized spacial score (nSPS) is 19.6. The zero-order chi connectivity index (χ0) is 14.6. The number of nitrogens with one attached hydrogen (secondary N) is 1. The summed E-state index contributed by atoms with van der Waals surface area (Å²) in [6.45, 7) is 14.9. The second kappa shape index (κ2) is 7.03. The molecule has 1 N–H and O–H groups in total. The van der Waals surface area contributed by atoms with Crippen LogP contribution in [0, 0.1) is 5.92 Å². The van der Waals surface area contributed by atoms with E-state index < -0.39 is 0 Å². The third-order valence-electron chi connectivity index (χ3n) is 3.73. The highest BCUT2D eigenvalue weighted by Gasteiger charge is 2.30. The van der Waals surface area contributed by atoms with Crippen molar-refractivity contribution < 1.29 is 4.74 Å². The second-order valence-corrected chi connectivity index (χ2v) is 7.93. The molecule has 1 aliphatic rings. The first-order valence-corrected chi connectivity index (χ1v) is 8.40. The minimum absolute atomic E-state index is 0.151. The highest BCUT2D eigenvalue weighted by atomic mass is 32.1. The van der Waals surface area contributed by atoms with Crippen molar-refractivity contribution in [2.45, 2.75) is 46.3 Å². The van der Waals surface area contributed by atoms with Crippen LogP contribution in [0.5, 0.6) is 0 Å². The van der Waals surface area contributed by atoms with E-state index in [0.29, 0.717) is 5.92 Å². The summed E-state index contributed by atoms with van der Waals surface area (Å²) in [4.78, 5) is 5.43. The van der Waals surface area contributed by atoms with Crippen LogP contribution in [0.25, 0.3) is 0 Å². The van der Waals surface area contributed by atoms with Crippen molar-refractivity contribution in [3.05, 3.63) is 21.9 Å². The Morgan fingerprint density at radius 1 is 1.35 bits per heavy atom. The van der Waals surface area contributed by atoms with Crippen LogP contribution in [0.1, 0.15) is 37.4 Å². The molecular formula is C16H28N2OS. The summed E-state index contributed by atoms with van der Waals surface area (Å²) in [5, 5.41) is 3.51.